The third-order valence-electron chi connectivity index (χ3n) is 6.41. The lowest BCUT2D eigenvalue weighted by Crippen LogP contribution is -2.31. The number of amides is 1. The molecule has 0 atom stereocenters. The maximum atomic E-state index is 14.2. The summed E-state index contributed by atoms with van der Waals surface area (Å²) in [4.78, 5) is 28.9. The Morgan fingerprint density at radius 2 is 1.91 bits per heavy atom. The molecule has 3 N–H and O–H groups in total. The van der Waals surface area contributed by atoms with E-state index in [1.807, 2.05) is 6.07 Å². The number of aromatic nitrogens is 2. The Labute approximate surface area is 188 Å². The van der Waals surface area contributed by atoms with Gasteiger partial charge in [0, 0.05) is 31.2 Å². The number of H-pyrrole nitrogens is 1. The van der Waals surface area contributed by atoms with Crippen molar-refractivity contribution >= 4 is 29.8 Å². The van der Waals surface area contributed by atoms with E-state index in [9.17, 15) is 9.18 Å². The summed E-state index contributed by atoms with van der Waals surface area (Å²) >= 11 is 0. The first-order valence-corrected chi connectivity index (χ1v) is 11.5. The Bertz CT molecular complexity index is 1000. The lowest BCUT2D eigenvalue weighted by molar-refractivity contribution is -0.114. The summed E-state index contributed by atoms with van der Waals surface area (Å²) in [7, 11) is 1.56. The molecule has 0 spiro atoms. The molecule has 170 valence electrons. The number of aromatic amines is 1. The number of imidazole rings is 1. The van der Waals surface area contributed by atoms with Crippen LogP contribution in [-0.4, -0.2) is 41.4 Å². The number of nitrogens with zero attached hydrogens (tertiary/aromatic N) is 3. The molecule has 0 unspecified atom stereocenters. The highest BCUT2D eigenvalue weighted by Crippen LogP contribution is 2.34. The van der Waals surface area contributed by atoms with Crippen molar-refractivity contribution in [3.05, 3.63) is 41.1 Å². The monoisotopic (exact) mass is 438 g/mol. The minimum atomic E-state index is -0.367. The van der Waals surface area contributed by atoms with Crippen molar-refractivity contribution in [1.29, 1.82) is 0 Å². The Balaban J connectivity index is 1.45. The Morgan fingerprint density at radius 3 is 2.59 bits per heavy atom. The van der Waals surface area contributed by atoms with Crippen LogP contribution in [0.5, 0.6) is 0 Å². The molecule has 7 nitrogen and oxygen atoms in total. The molecule has 1 amide bonds. The van der Waals surface area contributed by atoms with Gasteiger partial charge in [-0.3, -0.25) is 9.79 Å². The fraction of sp³-hybridized carbons (Fsp3) is 0.500. The van der Waals surface area contributed by atoms with E-state index in [2.05, 4.69) is 37.3 Å². The summed E-state index contributed by atoms with van der Waals surface area (Å²) in [5, 5.41) is 6.26. The van der Waals surface area contributed by atoms with E-state index in [1.165, 1.54) is 37.8 Å². The van der Waals surface area contributed by atoms with Crippen LogP contribution in [-0.2, 0) is 11.3 Å². The van der Waals surface area contributed by atoms with Crippen molar-refractivity contribution in [2.45, 2.75) is 69.9 Å². The number of benzene rings is 1. The molecule has 2 aliphatic rings. The number of anilines is 1. The molecular weight excluding hydrogens is 407 g/mol. The molecule has 4 rings (SSSR count). The lowest BCUT2D eigenvalue weighted by atomic mass is 10.1. The van der Waals surface area contributed by atoms with Crippen LogP contribution in [0, 0.1) is 5.82 Å². The largest absolute Gasteiger partial charge is 0.382 e. The molecule has 0 aliphatic heterocycles. The maximum absolute atomic E-state index is 14.2. The third-order valence-corrected chi connectivity index (χ3v) is 6.41. The fourth-order valence-corrected chi connectivity index (χ4v) is 4.79. The van der Waals surface area contributed by atoms with Gasteiger partial charge in [-0.1, -0.05) is 25.7 Å². The zero-order valence-corrected chi connectivity index (χ0v) is 18.6. The van der Waals surface area contributed by atoms with Crippen molar-refractivity contribution in [2.24, 2.45) is 9.98 Å². The van der Waals surface area contributed by atoms with Gasteiger partial charge in [0.15, 0.2) is 5.82 Å². The number of rotatable bonds is 8. The summed E-state index contributed by atoms with van der Waals surface area (Å²) in [6.07, 6.45) is 9.11. The zero-order valence-electron chi connectivity index (χ0n) is 18.6. The molecule has 2 fully saturated rings. The number of nitrogens with one attached hydrogen (secondary N) is 3. The molecule has 2 aromatic rings. The number of carbonyl (C=O) groups is 1. The molecule has 2 aliphatic carbocycles. The van der Waals surface area contributed by atoms with Crippen molar-refractivity contribution in [3.8, 4) is 0 Å². The average molecular weight is 439 g/mol. The summed E-state index contributed by atoms with van der Waals surface area (Å²) in [6.45, 7) is 3.78. The minimum absolute atomic E-state index is 0.190. The standard InChI is InChI=1S/C24H31FN6O/c1-26-21(20-23(27-2)31-22(30-20)16-7-3-4-8-16)24(32)28-14-15-11-17(25)13-19(12-15)29-18-9-5-6-10-18/h11-13,16,18,29H,2-10,14H2,1H3,(H,28,32)(H,30,31). The molecule has 0 bridgehead atoms. The number of halogens is 1. The second-order valence-electron chi connectivity index (χ2n) is 8.69. The Hall–Kier alpha value is -3.03. The molecule has 1 aromatic carbocycles. The normalized spacial score (nSPS) is 17.6. The molecule has 8 heteroatoms. The van der Waals surface area contributed by atoms with Crippen LogP contribution in [0.25, 0.3) is 0 Å². The predicted octanol–water partition coefficient (Wildman–Crippen LogP) is 4.63. The average Bonchev–Trinajstić information content (AvgIpc) is 3.54. The summed E-state index contributed by atoms with van der Waals surface area (Å²) in [5.41, 5.74) is 2.13. The molecule has 1 aromatic heterocycles. The summed E-state index contributed by atoms with van der Waals surface area (Å²) in [5.74, 6) is 0.879. The third kappa shape index (κ3) is 5.06. The van der Waals surface area contributed by atoms with Crippen LogP contribution in [0.2, 0.25) is 0 Å². The zero-order chi connectivity index (χ0) is 22.5. The molecular formula is C24H31FN6O. The highest BCUT2D eigenvalue weighted by Gasteiger charge is 2.26. The predicted molar refractivity (Wildman–Crippen MR) is 126 cm³/mol. The van der Waals surface area contributed by atoms with Crippen LogP contribution in [0.15, 0.2) is 28.2 Å². The van der Waals surface area contributed by atoms with E-state index in [0.717, 1.165) is 37.2 Å². The van der Waals surface area contributed by atoms with Crippen molar-refractivity contribution in [2.75, 3.05) is 12.4 Å². The molecule has 1 heterocycles. The first-order valence-electron chi connectivity index (χ1n) is 11.5. The van der Waals surface area contributed by atoms with Crippen molar-refractivity contribution < 1.29 is 9.18 Å². The second-order valence-corrected chi connectivity index (χ2v) is 8.69. The van der Waals surface area contributed by atoms with Crippen molar-refractivity contribution in [3.63, 3.8) is 0 Å². The lowest BCUT2D eigenvalue weighted by Gasteiger charge is -2.15. The van der Waals surface area contributed by atoms with E-state index < -0.39 is 0 Å². The van der Waals surface area contributed by atoms with E-state index >= 15 is 0 Å². The Kier molecular flexibility index (Phi) is 6.97. The Morgan fingerprint density at radius 1 is 1.19 bits per heavy atom. The van der Waals surface area contributed by atoms with Gasteiger partial charge < -0.3 is 15.6 Å². The SMILES string of the molecule is C=Nc1nc(C2CCCC2)[nH]c1C(=NC)C(=O)NCc1cc(F)cc(NC2CCCC2)c1. The maximum Gasteiger partial charge on any atom is 0.272 e. The number of aliphatic imine (C=N–C) groups is 2. The van der Waals surface area contributed by atoms with E-state index in [1.54, 1.807) is 7.05 Å². The highest BCUT2D eigenvalue weighted by atomic mass is 19.1. The molecule has 2 saturated carbocycles. The fourth-order valence-electron chi connectivity index (χ4n) is 4.79. The smallest absolute Gasteiger partial charge is 0.272 e. The van der Waals surface area contributed by atoms with E-state index in [-0.39, 0.29) is 24.0 Å². The van der Waals surface area contributed by atoms with E-state index in [4.69, 9.17) is 0 Å². The number of hydrogen-bond donors (Lipinski definition) is 3. The molecule has 0 radical (unpaired) electrons. The molecule has 0 saturated heterocycles. The number of hydrogen-bond acceptors (Lipinski definition) is 5. The first kappa shape index (κ1) is 22.2. The minimum Gasteiger partial charge on any atom is -0.382 e. The van der Waals surface area contributed by atoms with E-state index in [0.29, 0.717) is 29.0 Å². The van der Waals surface area contributed by atoms with Gasteiger partial charge in [-0.15, -0.1) is 0 Å². The van der Waals surface area contributed by atoms with Gasteiger partial charge in [-0.25, -0.2) is 14.4 Å². The van der Waals surface area contributed by atoms with Gasteiger partial charge in [0.1, 0.15) is 23.0 Å². The topological polar surface area (TPSA) is 94.5 Å². The van der Waals surface area contributed by atoms with Crippen molar-refractivity contribution in [1.82, 2.24) is 15.3 Å². The van der Waals surface area contributed by atoms with Crippen LogP contribution in [0.1, 0.15) is 74.4 Å². The van der Waals surface area contributed by atoms with Crippen LogP contribution in [0.4, 0.5) is 15.9 Å². The van der Waals surface area contributed by atoms with Crippen LogP contribution < -0.4 is 10.6 Å². The first-order chi connectivity index (χ1) is 15.6. The van der Waals surface area contributed by atoms with Gasteiger partial charge in [-0.2, -0.15) is 0 Å². The summed E-state index contributed by atoms with van der Waals surface area (Å²) in [6, 6.07) is 5.21. The van der Waals surface area contributed by atoms with Gasteiger partial charge >= 0.3 is 0 Å². The summed E-state index contributed by atoms with van der Waals surface area (Å²) < 4.78 is 14.2. The van der Waals surface area contributed by atoms with Gasteiger partial charge in [0.2, 0.25) is 0 Å². The highest BCUT2D eigenvalue weighted by molar-refractivity contribution is 6.45. The van der Waals surface area contributed by atoms with Gasteiger partial charge in [-0.05, 0) is 56.2 Å². The quantitative estimate of drug-likeness (QED) is 0.525. The van der Waals surface area contributed by atoms with Crippen LogP contribution in [0.3, 0.4) is 0 Å². The molecule has 32 heavy (non-hydrogen) atoms. The van der Waals surface area contributed by atoms with Gasteiger partial charge in [0.05, 0.1) is 0 Å². The van der Waals surface area contributed by atoms with Gasteiger partial charge in [0.25, 0.3) is 5.91 Å². The second kappa shape index (κ2) is 10.1. The van der Waals surface area contributed by atoms with Crippen LogP contribution >= 0.6 is 0 Å². The number of carbonyl (C=O) groups excluding carboxylic acids is 1.